The van der Waals surface area contributed by atoms with Crippen LogP contribution in [0.25, 0.3) is 11.0 Å². The molecule has 0 aliphatic heterocycles. The lowest BCUT2D eigenvalue weighted by Crippen LogP contribution is -1.97. The van der Waals surface area contributed by atoms with Crippen molar-refractivity contribution in [3.8, 4) is 0 Å². The number of benzene rings is 1. The van der Waals surface area contributed by atoms with Crippen LogP contribution in [0, 0.1) is 6.92 Å². The summed E-state index contributed by atoms with van der Waals surface area (Å²) in [5.41, 5.74) is 0.839. The number of rotatable bonds is 1. The second kappa shape index (κ2) is 2.99. The average Bonchev–Trinajstić information content (AvgIpc) is 2.47. The molecule has 1 heterocycles. The molecule has 0 spiro atoms. The van der Waals surface area contributed by atoms with Crippen molar-refractivity contribution in [1.29, 1.82) is 0 Å². The van der Waals surface area contributed by atoms with Gasteiger partial charge in [0.05, 0.1) is 10.7 Å². The van der Waals surface area contributed by atoms with Gasteiger partial charge in [0.2, 0.25) is 0 Å². The predicted octanol–water partition coefficient (Wildman–Crippen LogP) is 2.49. The lowest BCUT2D eigenvalue weighted by molar-refractivity contribution is 0.0697. The molecule has 0 unspecified atom stereocenters. The summed E-state index contributed by atoms with van der Waals surface area (Å²) < 4.78 is 4.91. The number of aromatic carboxylic acids is 1. The van der Waals surface area contributed by atoms with Crippen molar-refractivity contribution >= 4 is 28.5 Å². The van der Waals surface area contributed by atoms with E-state index in [4.69, 9.17) is 21.2 Å². The fourth-order valence-electron chi connectivity index (χ4n) is 1.30. The van der Waals surface area contributed by atoms with Gasteiger partial charge in [0.25, 0.3) is 0 Å². The van der Waals surface area contributed by atoms with Gasteiger partial charge in [0, 0.05) is 5.39 Å². The van der Waals surface area contributed by atoms with E-state index in [0.29, 0.717) is 11.1 Å². The molecule has 0 atom stereocenters. The zero-order chi connectivity index (χ0) is 10.3. The van der Waals surface area contributed by atoms with E-state index in [2.05, 4.69) is 5.16 Å². The summed E-state index contributed by atoms with van der Waals surface area (Å²) >= 11 is 5.74. The van der Waals surface area contributed by atoms with Gasteiger partial charge in [-0.05, 0) is 19.1 Å². The number of hydrogen-bond acceptors (Lipinski definition) is 3. The molecule has 1 aromatic heterocycles. The number of halogens is 1. The van der Waals surface area contributed by atoms with Crippen LogP contribution in [0.4, 0.5) is 0 Å². The number of carboxylic acid groups (broad SMARTS) is 1. The van der Waals surface area contributed by atoms with Crippen molar-refractivity contribution in [2.75, 3.05) is 0 Å². The first-order chi connectivity index (χ1) is 6.61. The largest absolute Gasteiger partial charge is 0.477 e. The molecule has 0 amide bonds. The summed E-state index contributed by atoms with van der Waals surface area (Å²) in [6.45, 7) is 1.74. The van der Waals surface area contributed by atoms with Gasteiger partial charge in [-0.2, -0.15) is 0 Å². The average molecular weight is 212 g/mol. The van der Waals surface area contributed by atoms with Crippen LogP contribution in [0.1, 0.15) is 16.1 Å². The zero-order valence-corrected chi connectivity index (χ0v) is 8.00. The molecular weight excluding hydrogens is 206 g/mol. The number of fused-ring (bicyclic) bond motifs is 1. The van der Waals surface area contributed by atoms with Crippen molar-refractivity contribution in [1.82, 2.24) is 5.16 Å². The summed E-state index contributed by atoms with van der Waals surface area (Å²) in [6, 6.07) is 3.22. The minimum Gasteiger partial charge on any atom is -0.477 e. The van der Waals surface area contributed by atoms with Crippen molar-refractivity contribution in [2.45, 2.75) is 6.92 Å². The van der Waals surface area contributed by atoms with Gasteiger partial charge in [0.15, 0.2) is 5.58 Å². The Kier molecular flexibility index (Phi) is 1.93. The van der Waals surface area contributed by atoms with Gasteiger partial charge in [-0.3, -0.25) is 0 Å². The molecule has 0 saturated carbocycles. The number of aryl methyl sites for hydroxylation is 1. The molecule has 1 aromatic carbocycles. The van der Waals surface area contributed by atoms with Gasteiger partial charge in [0.1, 0.15) is 5.56 Å². The highest BCUT2D eigenvalue weighted by Crippen LogP contribution is 2.27. The van der Waals surface area contributed by atoms with Gasteiger partial charge in [-0.15, -0.1) is 0 Å². The SMILES string of the molecule is Cc1noc2c(C(=O)O)c(Cl)ccc12. The molecular formula is C9H6ClNO3. The highest BCUT2D eigenvalue weighted by molar-refractivity contribution is 6.35. The Morgan fingerprint density at radius 1 is 1.57 bits per heavy atom. The molecule has 72 valence electrons. The Balaban J connectivity index is 2.90. The van der Waals surface area contributed by atoms with E-state index in [0.717, 1.165) is 0 Å². The number of carbonyl (C=O) groups is 1. The maximum absolute atomic E-state index is 10.9. The Labute approximate surface area is 84.1 Å². The molecule has 0 aliphatic carbocycles. The van der Waals surface area contributed by atoms with E-state index >= 15 is 0 Å². The monoisotopic (exact) mass is 211 g/mol. The maximum atomic E-state index is 10.9. The third-order valence-electron chi connectivity index (χ3n) is 1.98. The number of carboxylic acids is 1. The Hall–Kier alpha value is -1.55. The van der Waals surface area contributed by atoms with Crippen molar-refractivity contribution < 1.29 is 14.4 Å². The fourth-order valence-corrected chi connectivity index (χ4v) is 1.53. The van der Waals surface area contributed by atoms with Gasteiger partial charge in [-0.1, -0.05) is 16.8 Å². The smallest absolute Gasteiger partial charge is 0.341 e. The van der Waals surface area contributed by atoms with Crippen LogP contribution in [0.5, 0.6) is 0 Å². The molecule has 5 heteroatoms. The normalized spacial score (nSPS) is 10.7. The van der Waals surface area contributed by atoms with E-state index in [9.17, 15) is 4.79 Å². The molecule has 2 aromatic rings. The van der Waals surface area contributed by atoms with E-state index in [1.165, 1.54) is 6.07 Å². The fraction of sp³-hybridized carbons (Fsp3) is 0.111. The predicted molar refractivity (Wildman–Crippen MR) is 50.7 cm³/mol. The first kappa shape index (κ1) is 9.02. The summed E-state index contributed by atoms with van der Waals surface area (Å²) in [4.78, 5) is 10.9. The van der Waals surface area contributed by atoms with Crippen LogP contribution < -0.4 is 0 Å². The van der Waals surface area contributed by atoms with E-state index in [1.807, 2.05) is 0 Å². The first-order valence-electron chi connectivity index (χ1n) is 3.89. The molecule has 4 nitrogen and oxygen atoms in total. The highest BCUT2D eigenvalue weighted by Gasteiger charge is 2.18. The quantitative estimate of drug-likeness (QED) is 0.787. The summed E-state index contributed by atoms with van der Waals surface area (Å²) in [5, 5.41) is 13.4. The lowest BCUT2D eigenvalue weighted by Gasteiger charge is -1.97. The van der Waals surface area contributed by atoms with Crippen LogP contribution >= 0.6 is 11.6 Å². The molecule has 14 heavy (non-hydrogen) atoms. The molecule has 0 aliphatic rings. The lowest BCUT2D eigenvalue weighted by atomic mass is 10.1. The van der Waals surface area contributed by atoms with E-state index < -0.39 is 5.97 Å². The second-order valence-electron chi connectivity index (χ2n) is 2.87. The Morgan fingerprint density at radius 3 is 2.93 bits per heavy atom. The third kappa shape index (κ3) is 1.15. The maximum Gasteiger partial charge on any atom is 0.341 e. The molecule has 1 N–H and O–H groups in total. The second-order valence-corrected chi connectivity index (χ2v) is 3.28. The molecule has 0 bridgehead atoms. The Morgan fingerprint density at radius 2 is 2.29 bits per heavy atom. The van der Waals surface area contributed by atoms with Gasteiger partial charge >= 0.3 is 5.97 Å². The van der Waals surface area contributed by atoms with Gasteiger partial charge in [-0.25, -0.2) is 4.79 Å². The van der Waals surface area contributed by atoms with Crippen molar-refractivity contribution in [2.24, 2.45) is 0 Å². The third-order valence-corrected chi connectivity index (χ3v) is 2.30. The molecule has 0 fully saturated rings. The summed E-state index contributed by atoms with van der Waals surface area (Å²) in [5.74, 6) is -1.11. The van der Waals surface area contributed by atoms with Crippen molar-refractivity contribution in [3.05, 3.63) is 28.4 Å². The van der Waals surface area contributed by atoms with Crippen LogP contribution in [0.2, 0.25) is 5.02 Å². The standard InChI is InChI=1S/C9H6ClNO3/c1-4-5-2-3-6(10)7(9(12)13)8(5)14-11-4/h2-3H,1H3,(H,12,13). The van der Waals surface area contributed by atoms with Crippen LogP contribution in [-0.2, 0) is 0 Å². The number of aromatic nitrogens is 1. The van der Waals surface area contributed by atoms with Crippen LogP contribution in [0.3, 0.4) is 0 Å². The topological polar surface area (TPSA) is 63.3 Å². The summed E-state index contributed by atoms with van der Waals surface area (Å²) in [6.07, 6.45) is 0. The molecule has 0 radical (unpaired) electrons. The van der Waals surface area contributed by atoms with E-state index in [-0.39, 0.29) is 16.2 Å². The highest BCUT2D eigenvalue weighted by atomic mass is 35.5. The van der Waals surface area contributed by atoms with Crippen LogP contribution in [0.15, 0.2) is 16.7 Å². The minimum atomic E-state index is -1.11. The van der Waals surface area contributed by atoms with Crippen molar-refractivity contribution in [3.63, 3.8) is 0 Å². The zero-order valence-electron chi connectivity index (χ0n) is 7.24. The Bertz CT molecular complexity index is 518. The van der Waals surface area contributed by atoms with Gasteiger partial charge < -0.3 is 9.63 Å². The molecule has 2 rings (SSSR count). The van der Waals surface area contributed by atoms with Crippen LogP contribution in [-0.4, -0.2) is 16.2 Å². The summed E-state index contributed by atoms with van der Waals surface area (Å²) in [7, 11) is 0. The molecule has 0 saturated heterocycles. The first-order valence-corrected chi connectivity index (χ1v) is 4.27. The number of hydrogen-bond donors (Lipinski definition) is 1. The minimum absolute atomic E-state index is 0.0373. The number of nitrogens with zero attached hydrogens (tertiary/aromatic N) is 1. The van der Waals surface area contributed by atoms with E-state index in [1.54, 1.807) is 13.0 Å².